The quantitative estimate of drug-likeness (QED) is 0.270. The summed E-state index contributed by atoms with van der Waals surface area (Å²) in [6, 6.07) is 28.6. The lowest BCUT2D eigenvalue weighted by Gasteiger charge is -2.30. The predicted molar refractivity (Wildman–Crippen MR) is 138 cm³/mol. The molecule has 0 saturated carbocycles. The molecule has 0 spiro atoms. The Kier molecular flexibility index (Phi) is 6.64. The van der Waals surface area contributed by atoms with Crippen molar-refractivity contribution < 1.29 is 14.2 Å². The van der Waals surface area contributed by atoms with Crippen LogP contribution in [0, 0.1) is 6.92 Å². The van der Waals surface area contributed by atoms with Gasteiger partial charge < -0.3 is 25.7 Å². The Morgan fingerprint density at radius 2 is 1.12 bits per heavy atom. The van der Waals surface area contributed by atoms with Gasteiger partial charge in [0.15, 0.2) is 0 Å². The summed E-state index contributed by atoms with van der Waals surface area (Å²) in [5.74, 6) is 3.80. The molecule has 0 bridgehead atoms. The molecule has 4 rings (SSSR count). The van der Waals surface area contributed by atoms with E-state index in [1.165, 1.54) is 0 Å². The molecule has 0 saturated heterocycles. The first-order chi connectivity index (χ1) is 16.3. The van der Waals surface area contributed by atoms with Crippen molar-refractivity contribution in [3.63, 3.8) is 0 Å². The van der Waals surface area contributed by atoms with Gasteiger partial charge in [0.2, 0.25) is 0 Å². The van der Waals surface area contributed by atoms with E-state index in [1.807, 2.05) is 97.9 Å². The number of hydrogen-bond acceptors (Lipinski definition) is 5. The monoisotopic (exact) mass is 454 g/mol. The highest BCUT2D eigenvalue weighted by Gasteiger charge is 2.27. The molecule has 4 N–H and O–H groups in total. The van der Waals surface area contributed by atoms with Crippen LogP contribution in [0.5, 0.6) is 28.7 Å². The molecular formula is C29H30N2O3. The minimum atomic E-state index is -0.495. The van der Waals surface area contributed by atoms with E-state index < -0.39 is 5.60 Å². The van der Waals surface area contributed by atoms with Crippen molar-refractivity contribution in [1.29, 1.82) is 0 Å². The molecule has 5 nitrogen and oxygen atoms in total. The summed E-state index contributed by atoms with van der Waals surface area (Å²) in [4.78, 5) is 0. The highest BCUT2D eigenvalue weighted by molar-refractivity contribution is 5.46. The van der Waals surface area contributed by atoms with Gasteiger partial charge in [-0.1, -0.05) is 19.1 Å². The molecule has 0 aliphatic carbocycles. The zero-order chi connectivity index (χ0) is 24.1. The molecule has 0 aliphatic heterocycles. The third-order valence-corrected chi connectivity index (χ3v) is 5.85. The van der Waals surface area contributed by atoms with E-state index in [0.717, 1.165) is 46.3 Å². The third kappa shape index (κ3) is 5.44. The molecule has 0 radical (unpaired) electrons. The Morgan fingerprint density at radius 1 is 0.647 bits per heavy atom. The van der Waals surface area contributed by atoms with E-state index in [4.69, 9.17) is 25.7 Å². The fraction of sp³-hybridized carbons (Fsp3) is 0.172. The highest BCUT2D eigenvalue weighted by Crippen LogP contribution is 2.35. The average Bonchev–Trinajstić information content (AvgIpc) is 2.84. The summed E-state index contributed by atoms with van der Waals surface area (Å²) in [6.07, 6.45) is 0.800. The standard InChI is InChI=1S/C29H30N2O3/c1-4-29(3,21-5-11-24(12-6-21)32-25-13-7-22(30)8-14-25)34-27-17-18-28(20(2)19-27)33-26-15-9-23(31)10-16-26/h5-19H,4,30-31H2,1-3H3. The van der Waals surface area contributed by atoms with E-state index in [1.54, 1.807) is 0 Å². The van der Waals surface area contributed by atoms with Crippen molar-refractivity contribution >= 4 is 11.4 Å². The molecule has 4 aromatic rings. The predicted octanol–water partition coefficient (Wildman–Crippen LogP) is 7.45. The van der Waals surface area contributed by atoms with Crippen LogP contribution in [-0.4, -0.2) is 0 Å². The lowest BCUT2D eigenvalue weighted by molar-refractivity contribution is 0.0824. The number of hydrogen-bond donors (Lipinski definition) is 2. The number of ether oxygens (including phenoxy) is 3. The third-order valence-electron chi connectivity index (χ3n) is 5.85. The highest BCUT2D eigenvalue weighted by atomic mass is 16.5. The van der Waals surface area contributed by atoms with E-state index in [2.05, 4.69) is 13.8 Å². The Morgan fingerprint density at radius 3 is 1.62 bits per heavy atom. The summed E-state index contributed by atoms with van der Waals surface area (Å²) in [5, 5.41) is 0. The summed E-state index contributed by atoms with van der Waals surface area (Å²) >= 11 is 0. The second-order valence-electron chi connectivity index (χ2n) is 8.48. The fourth-order valence-electron chi connectivity index (χ4n) is 3.61. The van der Waals surface area contributed by atoms with Crippen molar-refractivity contribution in [3.8, 4) is 28.7 Å². The van der Waals surface area contributed by atoms with Crippen molar-refractivity contribution in [2.45, 2.75) is 32.8 Å². The number of benzene rings is 4. The number of aryl methyl sites for hydroxylation is 1. The largest absolute Gasteiger partial charge is 0.483 e. The summed E-state index contributed by atoms with van der Waals surface area (Å²) in [6.45, 7) is 6.22. The van der Waals surface area contributed by atoms with Crippen molar-refractivity contribution in [1.82, 2.24) is 0 Å². The van der Waals surface area contributed by atoms with Gasteiger partial charge in [-0.25, -0.2) is 0 Å². The summed E-state index contributed by atoms with van der Waals surface area (Å²) in [7, 11) is 0. The topological polar surface area (TPSA) is 79.7 Å². The average molecular weight is 455 g/mol. The number of rotatable bonds is 8. The molecule has 34 heavy (non-hydrogen) atoms. The van der Waals surface area contributed by atoms with Gasteiger partial charge in [-0.05, 0) is 110 Å². The number of nitrogen functional groups attached to an aromatic ring is 2. The maximum atomic E-state index is 6.48. The lowest BCUT2D eigenvalue weighted by Crippen LogP contribution is -2.28. The van der Waals surface area contributed by atoms with Gasteiger partial charge in [-0.15, -0.1) is 0 Å². The Bertz CT molecular complexity index is 1240. The minimum absolute atomic E-state index is 0.495. The van der Waals surface area contributed by atoms with Crippen LogP contribution in [0.3, 0.4) is 0 Å². The van der Waals surface area contributed by atoms with Crippen LogP contribution in [0.15, 0.2) is 91.0 Å². The smallest absolute Gasteiger partial charge is 0.131 e. The van der Waals surface area contributed by atoms with E-state index in [0.29, 0.717) is 11.4 Å². The van der Waals surface area contributed by atoms with E-state index >= 15 is 0 Å². The van der Waals surface area contributed by atoms with Crippen LogP contribution in [0.1, 0.15) is 31.4 Å². The zero-order valence-corrected chi connectivity index (χ0v) is 19.7. The van der Waals surface area contributed by atoms with Crippen molar-refractivity contribution in [2.24, 2.45) is 0 Å². The Balaban J connectivity index is 1.47. The molecular weight excluding hydrogens is 424 g/mol. The summed E-state index contributed by atoms with van der Waals surface area (Å²) < 4.78 is 18.4. The maximum Gasteiger partial charge on any atom is 0.131 e. The SMILES string of the molecule is CCC(C)(Oc1ccc(Oc2ccc(N)cc2)c(C)c1)c1ccc(Oc2ccc(N)cc2)cc1. The molecule has 0 fully saturated rings. The molecule has 0 aromatic heterocycles. The summed E-state index contributed by atoms with van der Waals surface area (Å²) in [5.41, 5.74) is 14.5. The first kappa shape index (κ1) is 23.1. The molecule has 1 atom stereocenters. The van der Waals surface area contributed by atoms with Gasteiger partial charge in [0, 0.05) is 11.4 Å². The second kappa shape index (κ2) is 9.79. The van der Waals surface area contributed by atoms with Crippen molar-refractivity contribution in [2.75, 3.05) is 11.5 Å². The fourth-order valence-corrected chi connectivity index (χ4v) is 3.61. The molecule has 1 unspecified atom stereocenters. The first-order valence-electron chi connectivity index (χ1n) is 11.3. The Labute approximate surface area is 200 Å². The second-order valence-corrected chi connectivity index (χ2v) is 8.48. The first-order valence-corrected chi connectivity index (χ1v) is 11.3. The van der Waals surface area contributed by atoms with Crippen LogP contribution in [0.2, 0.25) is 0 Å². The molecule has 0 heterocycles. The van der Waals surface area contributed by atoms with E-state index in [9.17, 15) is 0 Å². The van der Waals surface area contributed by atoms with Crippen molar-refractivity contribution in [3.05, 3.63) is 102 Å². The zero-order valence-electron chi connectivity index (χ0n) is 19.7. The normalized spacial score (nSPS) is 12.6. The molecule has 0 aliphatic rings. The van der Waals surface area contributed by atoms with Gasteiger partial charge in [-0.3, -0.25) is 0 Å². The van der Waals surface area contributed by atoms with Crippen LogP contribution in [0.25, 0.3) is 0 Å². The molecule has 174 valence electrons. The van der Waals surface area contributed by atoms with Crippen LogP contribution in [-0.2, 0) is 5.60 Å². The number of anilines is 2. The van der Waals surface area contributed by atoms with Gasteiger partial charge in [0.1, 0.15) is 34.3 Å². The van der Waals surface area contributed by atoms with Crippen LogP contribution >= 0.6 is 0 Å². The van der Waals surface area contributed by atoms with Gasteiger partial charge in [-0.2, -0.15) is 0 Å². The maximum absolute atomic E-state index is 6.48. The van der Waals surface area contributed by atoms with Crippen LogP contribution in [0.4, 0.5) is 11.4 Å². The molecule has 5 heteroatoms. The Hall–Kier alpha value is -4.12. The van der Waals surface area contributed by atoms with Gasteiger partial charge in [0.25, 0.3) is 0 Å². The van der Waals surface area contributed by atoms with E-state index in [-0.39, 0.29) is 0 Å². The minimum Gasteiger partial charge on any atom is -0.483 e. The van der Waals surface area contributed by atoms with Crippen LogP contribution < -0.4 is 25.7 Å². The van der Waals surface area contributed by atoms with Gasteiger partial charge >= 0.3 is 0 Å². The van der Waals surface area contributed by atoms with Gasteiger partial charge in [0.05, 0.1) is 0 Å². The lowest BCUT2D eigenvalue weighted by atomic mass is 9.92. The molecule has 4 aromatic carbocycles. The molecule has 0 amide bonds. The number of nitrogens with two attached hydrogens (primary N) is 2.